The monoisotopic (exact) mass is 252 g/mol. The fourth-order valence-electron chi connectivity index (χ4n) is 2.75. The van der Waals surface area contributed by atoms with Crippen LogP contribution in [-0.2, 0) is 6.42 Å². The van der Waals surface area contributed by atoms with Gasteiger partial charge in [-0.15, -0.1) is 0 Å². The summed E-state index contributed by atoms with van der Waals surface area (Å²) in [5.74, 6) is 0.899. The summed E-state index contributed by atoms with van der Waals surface area (Å²) in [5, 5.41) is 18.2. The van der Waals surface area contributed by atoms with Gasteiger partial charge in [-0.25, -0.2) is 9.67 Å². The molecule has 0 bridgehead atoms. The quantitative estimate of drug-likeness (QED) is 0.847. The van der Waals surface area contributed by atoms with Crippen molar-refractivity contribution in [1.82, 2.24) is 20.1 Å². The van der Waals surface area contributed by atoms with Crippen LogP contribution in [0.2, 0.25) is 0 Å². The van der Waals surface area contributed by atoms with Gasteiger partial charge in [-0.2, -0.15) is 5.10 Å². The molecule has 0 aliphatic heterocycles. The topological polar surface area (TPSA) is 63.0 Å². The smallest absolute Gasteiger partial charge is 0.138 e. The maximum atomic E-state index is 10.7. The molecule has 18 heavy (non-hydrogen) atoms. The van der Waals surface area contributed by atoms with Gasteiger partial charge < -0.3 is 10.4 Å². The van der Waals surface area contributed by atoms with Crippen molar-refractivity contribution in [3.63, 3.8) is 0 Å². The zero-order chi connectivity index (χ0) is 13.2. The summed E-state index contributed by atoms with van der Waals surface area (Å²) in [5.41, 5.74) is -0.604. The first-order chi connectivity index (χ1) is 8.54. The predicted octanol–water partition coefficient (Wildman–Crippen LogP) is 1.29. The van der Waals surface area contributed by atoms with Crippen LogP contribution in [0.25, 0.3) is 0 Å². The second-order valence-corrected chi connectivity index (χ2v) is 5.68. The molecule has 0 radical (unpaired) electrons. The third-order valence-corrected chi connectivity index (χ3v) is 3.95. The zero-order valence-electron chi connectivity index (χ0n) is 11.6. The highest BCUT2D eigenvalue weighted by Crippen LogP contribution is 2.31. The maximum Gasteiger partial charge on any atom is 0.138 e. The van der Waals surface area contributed by atoms with Crippen molar-refractivity contribution in [2.45, 2.75) is 63.6 Å². The van der Waals surface area contributed by atoms with Crippen molar-refractivity contribution in [2.24, 2.45) is 0 Å². The van der Waals surface area contributed by atoms with Crippen LogP contribution < -0.4 is 5.32 Å². The lowest BCUT2D eigenvalue weighted by atomic mass is 9.80. The Morgan fingerprint density at radius 2 is 2.17 bits per heavy atom. The first-order valence-electron chi connectivity index (χ1n) is 6.82. The third-order valence-electron chi connectivity index (χ3n) is 3.95. The van der Waals surface area contributed by atoms with Gasteiger partial charge in [0.1, 0.15) is 12.2 Å². The molecule has 2 rings (SSSR count). The molecule has 2 N–H and O–H groups in total. The molecule has 1 fully saturated rings. The molecule has 1 aromatic rings. The van der Waals surface area contributed by atoms with E-state index in [1.165, 1.54) is 0 Å². The molecule has 102 valence electrons. The van der Waals surface area contributed by atoms with Gasteiger partial charge in [0.15, 0.2) is 0 Å². The molecule has 0 saturated heterocycles. The van der Waals surface area contributed by atoms with E-state index in [1.807, 2.05) is 11.7 Å². The van der Waals surface area contributed by atoms with Crippen LogP contribution in [-0.4, -0.2) is 38.6 Å². The second kappa shape index (κ2) is 5.36. The minimum absolute atomic E-state index is 0.291. The average molecular weight is 252 g/mol. The van der Waals surface area contributed by atoms with Crippen molar-refractivity contribution in [1.29, 1.82) is 0 Å². The normalized spacial score (nSPS) is 28.8. The number of hydrogen-bond donors (Lipinski definition) is 2. The van der Waals surface area contributed by atoms with Gasteiger partial charge in [0.05, 0.1) is 5.60 Å². The largest absolute Gasteiger partial charge is 0.389 e. The average Bonchev–Trinajstić information content (AvgIpc) is 2.78. The van der Waals surface area contributed by atoms with Crippen LogP contribution in [0.1, 0.15) is 51.4 Å². The summed E-state index contributed by atoms with van der Waals surface area (Å²) in [4.78, 5) is 4.29. The summed E-state index contributed by atoms with van der Waals surface area (Å²) < 4.78 is 1.90. The van der Waals surface area contributed by atoms with Crippen LogP contribution in [0, 0.1) is 0 Å². The van der Waals surface area contributed by atoms with Crippen LogP contribution in [0.15, 0.2) is 6.33 Å². The molecule has 0 atom stereocenters. The Kier molecular flexibility index (Phi) is 4.02. The first kappa shape index (κ1) is 13.5. The van der Waals surface area contributed by atoms with E-state index in [9.17, 15) is 5.11 Å². The van der Waals surface area contributed by atoms with Gasteiger partial charge in [0.2, 0.25) is 0 Å². The van der Waals surface area contributed by atoms with Crippen LogP contribution >= 0.6 is 0 Å². The minimum Gasteiger partial charge on any atom is -0.389 e. The summed E-state index contributed by atoms with van der Waals surface area (Å²) >= 11 is 0. The van der Waals surface area contributed by atoms with Crippen molar-refractivity contribution in [3.8, 4) is 0 Å². The van der Waals surface area contributed by atoms with Crippen LogP contribution in [0.3, 0.4) is 0 Å². The summed E-state index contributed by atoms with van der Waals surface area (Å²) in [6.07, 6.45) is 5.93. The fourth-order valence-corrected chi connectivity index (χ4v) is 2.75. The van der Waals surface area contributed by atoms with Gasteiger partial charge in [0, 0.05) is 18.5 Å². The first-order valence-corrected chi connectivity index (χ1v) is 6.82. The molecule has 1 heterocycles. The summed E-state index contributed by atoms with van der Waals surface area (Å²) in [6, 6.07) is 0.841. The molecule has 0 spiro atoms. The Morgan fingerprint density at radius 1 is 1.50 bits per heavy atom. The van der Waals surface area contributed by atoms with E-state index in [0.29, 0.717) is 18.5 Å². The molecular weight excluding hydrogens is 228 g/mol. The van der Waals surface area contributed by atoms with E-state index < -0.39 is 5.60 Å². The third kappa shape index (κ3) is 2.90. The SMILES string of the molecule is CNC1CCC(O)(Cc2ncnn2C(C)C)CC1. The Bertz CT molecular complexity index is 380. The minimum atomic E-state index is -0.604. The standard InChI is InChI=1S/C13H24N4O/c1-10(2)17-12(15-9-16-17)8-13(18)6-4-11(14-3)5-7-13/h9-11,14,18H,4-8H2,1-3H3. The lowest BCUT2D eigenvalue weighted by Crippen LogP contribution is -2.42. The highest BCUT2D eigenvalue weighted by molar-refractivity contribution is 4.98. The molecule has 0 amide bonds. The molecule has 1 aromatic heterocycles. The molecule has 5 nitrogen and oxygen atoms in total. The van der Waals surface area contributed by atoms with Gasteiger partial charge in [0.25, 0.3) is 0 Å². The fraction of sp³-hybridized carbons (Fsp3) is 0.846. The molecule has 0 unspecified atom stereocenters. The lowest BCUT2D eigenvalue weighted by Gasteiger charge is -2.35. The number of nitrogens with zero attached hydrogens (tertiary/aromatic N) is 3. The molecule has 0 aromatic carbocycles. The van der Waals surface area contributed by atoms with E-state index in [-0.39, 0.29) is 0 Å². The second-order valence-electron chi connectivity index (χ2n) is 5.68. The van der Waals surface area contributed by atoms with Gasteiger partial charge >= 0.3 is 0 Å². The molecule has 1 saturated carbocycles. The van der Waals surface area contributed by atoms with Crippen molar-refractivity contribution >= 4 is 0 Å². The zero-order valence-corrected chi connectivity index (χ0v) is 11.6. The van der Waals surface area contributed by atoms with Gasteiger partial charge in [-0.1, -0.05) is 0 Å². The van der Waals surface area contributed by atoms with Gasteiger partial charge in [-0.3, -0.25) is 0 Å². The Morgan fingerprint density at radius 3 is 2.72 bits per heavy atom. The lowest BCUT2D eigenvalue weighted by molar-refractivity contribution is -0.00508. The Balaban J connectivity index is 2.02. The Labute approximate surface area is 109 Å². The van der Waals surface area contributed by atoms with E-state index in [1.54, 1.807) is 6.33 Å². The van der Waals surface area contributed by atoms with Crippen molar-refractivity contribution in [2.75, 3.05) is 7.05 Å². The number of aromatic nitrogens is 3. The highest BCUT2D eigenvalue weighted by atomic mass is 16.3. The number of nitrogens with one attached hydrogen (secondary N) is 1. The summed E-state index contributed by atoms with van der Waals surface area (Å²) in [7, 11) is 1.99. The molecule has 1 aliphatic carbocycles. The van der Waals surface area contributed by atoms with Crippen molar-refractivity contribution in [3.05, 3.63) is 12.2 Å². The van der Waals surface area contributed by atoms with E-state index in [2.05, 4.69) is 29.2 Å². The number of hydrogen-bond acceptors (Lipinski definition) is 4. The van der Waals surface area contributed by atoms with Crippen LogP contribution in [0.4, 0.5) is 0 Å². The Hall–Kier alpha value is -0.940. The van der Waals surface area contributed by atoms with E-state index in [0.717, 1.165) is 31.5 Å². The maximum absolute atomic E-state index is 10.7. The molecule has 5 heteroatoms. The predicted molar refractivity (Wildman–Crippen MR) is 70.4 cm³/mol. The number of aliphatic hydroxyl groups is 1. The van der Waals surface area contributed by atoms with Gasteiger partial charge in [-0.05, 0) is 46.6 Å². The molecule has 1 aliphatic rings. The number of rotatable bonds is 4. The summed E-state index contributed by atoms with van der Waals surface area (Å²) in [6.45, 7) is 4.17. The van der Waals surface area contributed by atoms with Crippen LogP contribution in [0.5, 0.6) is 0 Å². The van der Waals surface area contributed by atoms with Crippen molar-refractivity contribution < 1.29 is 5.11 Å². The molecular formula is C13H24N4O. The highest BCUT2D eigenvalue weighted by Gasteiger charge is 2.34. The van der Waals surface area contributed by atoms with E-state index in [4.69, 9.17) is 0 Å². The van der Waals surface area contributed by atoms with E-state index >= 15 is 0 Å².